The van der Waals surface area contributed by atoms with Crippen molar-refractivity contribution in [1.82, 2.24) is 0 Å². The van der Waals surface area contributed by atoms with Gasteiger partial charge in [-0.2, -0.15) is 0 Å². The zero-order valence-electron chi connectivity index (χ0n) is 17.3. The van der Waals surface area contributed by atoms with Crippen molar-refractivity contribution >= 4 is 17.6 Å². The van der Waals surface area contributed by atoms with E-state index in [1.807, 2.05) is 0 Å². The Hall–Kier alpha value is -3.02. The molecule has 6 heteroatoms. The van der Waals surface area contributed by atoms with Crippen molar-refractivity contribution in [3.63, 3.8) is 0 Å². The number of nitrogens with one attached hydrogen (secondary N) is 1. The fraction of sp³-hybridized carbons (Fsp3) is 0.391. The summed E-state index contributed by atoms with van der Waals surface area (Å²) in [6.45, 7) is 4.36. The second-order valence-electron chi connectivity index (χ2n) is 6.70. The van der Waals surface area contributed by atoms with Crippen molar-refractivity contribution in [3.05, 3.63) is 54.1 Å². The maximum absolute atomic E-state index is 12.3. The minimum Gasteiger partial charge on any atom is -0.497 e. The van der Waals surface area contributed by atoms with Gasteiger partial charge in [-0.05, 0) is 61.9 Å². The fourth-order valence-electron chi connectivity index (χ4n) is 2.61. The average molecular weight is 399 g/mol. The first-order chi connectivity index (χ1) is 14.0. The lowest BCUT2D eigenvalue weighted by Gasteiger charge is -2.14. The van der Waals surface area contributed by atoms with Gasteiger partial charge in [-0.1, -0.05) is 26.2 Å². The van der Waals surface area contributed by atoms with Crippen molar-refractivity contribution in [2.24, 2.45) is 0 Å². The number of benzene rings is 2. The van der Waals surface area contributed by atoms with Crippen molar-refractivity contribution in [3.8, 4) is 11.5 Å². The summed E-state index contributed by atoms with van der Waals surface area (Å²) in [7, 11) is 1.57. The molecule has 1 N–H and O–H groups in total. The molecule has 0 bridgehead atoms. The minimum atomic E-state index is -0.931. The number of unbranched alkanes of at least 4 members (excludes halogenated alkanes) is 3. The highest BCUT2D eigenvalue weighted by Crippen LogP contribution is 2.17. The molecule has 1 amide bonds. The van der Waals surface area contributed by atoms with Crippen molar-refractivity contribution in [2.75, 3.05) is 19.0 Å². The number of amides is 1. The van der Waals surface area contributed by atoms with Gasteiger partial charge in [0.25, 0.3) is 5.91 Å². The van der Waals surface area contributed by atoms with Crippen LogP contribution in [0.1, 0.15) is 49.9 Å². The normalized spacial score (nSPS) is 11.4. The third kappa shape index (κ3) is 7.49. The molecule has 0 saturated carbocycles. The number of anilines is 1. The summed E-state index contributed by atoms with van der Waals surface area (Å²) in [5, 5.41) is 2.70. The first-order valence-electron chi connectivity index (χ1n) is 9.92. The first kappa shape index (κ1) is 22.3. The van der Waals surface area contributed by atoms with Gasteiger partial charge < -0.3 is 19.5 Å². The van der Waals surface area contributed by atoms with Crippen molar-refractivity contribution < 1.29 is 23.8 Å². The quantitative estimate of drug-likeness (QED) is 0.432. The van der Waals surface area contributed by atoms with Gasteiger partial charge in [-0.15, -0.1) is 0 Å². The van der Waals surface area contributed by atoms with Crippen LogP contribution in [0.25, 0.3) is 0 Å². The molecule has 2 rings (SSSR count). The van der Waals surface area contributed by atoms with E-state index in [0.29, 0.717) is 29.4 Å². The molecule has 29 heavy (non-hydrogen) atoms. The van der Waals surface area contributed by atoms with Gasteiger partial charge in [-0.3, -0.25) is 4.79 Å². The van der Waals surface area contributed by atoms with Gasteiger partial charge in [-0.25, -0.2) is 4.79 Å². The lowest BCUT2D eigenvalue weighted by atomic mass is 10.2. The molecule has 1 atom stereocenters. The van der Waals surface area contributed by atoms with Gasteiger partial charge >= 0.3 is 5.97 Å². The van der Waals surface area contributed by atoms with E-state index in [1.165, 1.54) is 19.8 Å². The second kappa shape index (κ2) is 11.7. The maximum Gasteiger partial charge on any atom is 0.338 e. The molecule has 156 valence electrons. The Morgan fingerprint density at radius 2 is 1.59 bits per heavy atom. The number of rotatable bonds is 11. The van der Waals surface area contributed by atoms with Crippen LogP contribution in [0.15, 0.2) is 48.5 Å². The molecular weight excluding hydrogens is 370 g/mol. The van der Waals surface area contributed by atoms with E-state index in [9.17, 15) is 9.59 Å². The molecule has 0 saturated heterocycles. The third-order valence-corrected chi connectivity index (χ3v) is 4.37. The average Bonchev–Trinajstić information content (AvgIpc) is 2.74. The Morgan fingerprint density at radius 3 is 2.21 bits per heavy atom. The van der Waals surface area contributed by atoms with Crippen LogP contribution in [-0.2, 0) is 9.53 Å². The van der Waals surface area contributed by atoms with E-state index < -0.39 is 18.0 Å². The van der Waals surface area contributed by atoms with Crippen LogP contribution in [0, 0.1) is 0 Å². The first-order valence-corrected chi connectivity index (χ1v) is 9.92. The number of hydrogen-bond donors (Lipinski definition) is 1. The highest BCUT2D eigenvalue weighted by atomic mass is 16.5. The van der Waals surface area contributed by atoms with E-state index in [-0.39, 0.29) is 0 Å². The van der Waals surface area contributed by atoms with Gasteiger partial charge in [0.1, 0.15) is 11.5 Å². The Bertz CT molecular complexity index is 771. The minimum absolute atomic E-state index is 0.368. The SMILES string of the molecule is CCCCCCOc1ccc(C(=O)O[C@@H](C)C(=O)Nc2ccc(OC)cc2)cc1. The van der Waals surface area contributed by atoms with Gasteiger partial charge in [0.15, 0.2) is 6.10 Å². The molecule has 2 aromatic carbocycles. The zero-order valence-corrected chi connectivity index (χ0v) is 17.3. The Labute approximate surface area is 172 Å². The summed E-state index contributed by atoms with van der Waals surface area (Å²) in [6.07, 6.45) is 3.63. The number of esters is 1. The summed E-state index contributed by atoms with van der Waals surface area (Å²) >= 11 is 0. The van der Waals surface area contributed by atoms with E-state index >= 15 is 0 Å². The van der Waals surface area contributed by atoms with E-state index in [1.54, 1.807) is 55.6 Å². The Kier molecular flexibility index (Phi) is 9.02. The highest BCUT2D eigenvalue weighted by molar-refractivity contribution is 5.97. The smallest absolute Gasteiger partial charge is 0.338 e. The molecule has 0 aliphatic heterocycles. The topological polar surface area (TPSA) is 73.9 Å². The molecule has 2 aromatic rings. The van der Waals surface area contributed by atoms with E-state index in [0.717, 1.165) is 12.8 Å². The summed E-state index contributed by atoms with van der Waals surface area (Å²) in [5.74, 6) is 0.437. The number of carbonyl (C=O) groups excluding carboxylic acids is 2. The van der Waals surface area contributed by atoms with Crippen LogP contribution in [0.4, 0.5) is 5.69 Å². The molecule has 0 unspecified atom stereocenters. The molecule has 0 aliphatic rings. The predicted octanol–water partition coefficient (Wildman–Crippen LogP) is 4.84. The number of ether oxygens (including phenoxy) is 3. The monoisotopic (exact) mass is 399 g/mol. The molecule has 0 heterocycles. The molecule has 0 spiro atoms. The molecule has 0 fully saturated rings. The third-order valence-electron chi connectivity index (χ3n) is 4.37. The van der Waals surface area contributed by atoms with Crippen LogP contribution in [0.5, 0.6) is 11.5 Å². The molecule has 6 nitrogen and oxygen atoms in total. The van der Waals surface area contributed by atoms with Crippen LogP contribution in [-0.4, -0.2) is 31.7 Å². The van der Waals surface area contributed by atoms with Gasteiger partial charge in [0, 0.05) is 5.69 Å². The van der Waals surface area contributed by atoms with Gasteiger partial charge in [0.05, 0.1) is 19.3 Å². The van der Waals surface area contributed by atoms with Crippen molar-refractivity contribution in [2.45, 2.75) is 45.6 Å². The van der Waals surface area contributed by atoms with Crippen LogP contribution < -0.4 is 14.8 Å². The fourth-order valence-corrected chi connectivity index (χ4v) is 2.61. The molecular formula is C23H29NO5. The Morgan fingerprint density at radius 1 is 0.931 bits per heavy atom. The summed E-state index contributed by atoms with van der Waals surface area (Å²) in [4.78, 5) is 24.5. The second-order valence-corrected chi connectivity index (χ2v) is 6.70. The zero-order chi connectivity index (χ0) is 21.1. The van der Waals surface area contributed by atoms with E-state index in [4.69, 9.17) is 14.2 Å². The highest BCUT2D eigenvalue weighted by Gasteiger charge is 2.19. The molecule has 0 aliphatic carbocycles. The number of methoxy groups -OCH3 is 1. The maximum atomic E-state index is 12.3. The number of carbonyl (C=O) groups is 2. The lowest BCUT2D eigenvalue weighted by molar-refractivity contribution is -0.123. The standard InChI is InChI=1S/C23H29NO5/c1-4-5-6-7-16-28-21-12-8-18(9-13-21)23(26)29-17(2)22(25)24-19-10-14-20(27-3)15-11-19/h8-15,17H,4-7,16H2,1-3H3,(H,24,25)/t17-/m0/s1. The van der Waals surface area contributed by atoms with Crippen molar-refractivity contribution in [1.29, 1.82) is 0 Å². The number of hydrogen-bond acceptors (Lipinski definition) is 5. The van der Waals surface area contributed by atoms with Crippen LogP contribution in [0.3, 0.4) is 0 Å². The predicted molar refractivity (Wildman–Crippen MR) is 113 cm³/mol. The van der Waals surface area contributed by atoms with E-state index in [2.05, 4.69) is 12.2 Å². The summed E-state index contributed by atoms with van der Waals surface area (Å²) in [5.41, 5.74) is 0.964. The largest absolute Gasteiger partial charge is 0.497 e. The molecule has 0 aromatic heterocycles. The Balaban J connectivity index is 1.80. The van der Waals surface area contributed by atoms with Crippen LogP contribution in [0.2, 0.25) is 0 Å². The summed E-state index contributed by atoms with van der Waals surface area (Å²) < 4.78 is 16.0. The van der Waals surface area contributed by atoms with Gasteiger partial charge in [0.2, 0.25) is 0 Å². The molecule has 0 radical (unpaired) electrons. The summed E-state index contributed by atoms with van der Waals surface area (Å²) in [6, 6.07) is 13.6. The van der Waals surface area contributed by atoms with Crippen LogP contribution >= 0.6 is 0 Å². The lowest BCUT2D eigenvalue weighted by Crippen LogP contribution is -2.29.